The van der Waals surface area contributed by atoms with Crippen LogP contribution in [0, 0.1) is 0 Å². The molecule has 1 aromatic carbocycles. The number of hydrogen-bond acceptors (Lipinski definition) is 4. The van der Waals surface area contributed by atoms with Crippen LogP contribution in [-0.4, -0.2) is 31.1 Å². The summed E-state index contributed by atoms with van der Waals surface area (Å²) in [6, 6.07) is 7.16. The summed E-state index contributed by atoms with van der Waals surface area (Å²) in [5, 5.41) is 9.80. The van der Waals surface area contributed by atoms with Gasteiger partial charge in [0.05, 0.1) is 23.7 Å². The number of para-hydroxylation sites is 1. The molecule has 0 bridgehead atoms. The zero-order chi connectivity index (χ0) is 14.6. The summed E-state index contributed by atoms with van der Waals surface area (Å²) in [6.07, 6.45) is 1.92. The summed E-state index contributed by atoms with van der Waals surface area (Å²) in [7, 11) is -3.21. The molecule has 0 aliphatic carbocycles. The van der Waals surface area contributed by atoms with Crippen molar-refractivity contribution in [2.45, 2.75) is 44.0 Å². The highest BCUT2D eigenvalue weighted by atomic mass is 32.2. The van der Waals surface area contributed by atoms with Crippen LogP contribution in [0.1, 0.15) is 44.3 Å². The molecule has 2 atom stereocenters. The van der Waals surface area contributed by atoms with E-state index in [4.69, 9.17) is 4.74 Å². The summed E-state index contributed by atoms with van der Waals surface area (Å²) < 4.78 is 29.9. The molecule has 1 saturated heterocycles. The molecule has 1 aliphatic heterocycles. The standard InChI is InChI=1S/C15H22O4S/c1-2-10-19-13-8-4-3-7-12(13)15(16)14-9-5-6-11-20(14,17)18/h3-4,7-8,14-16H,2,5-6,9-11H2,1H3. The molecule has 0 spiro atoms. The second-order valence-corrected chi connectivity index (χ2v) is 7.57. The van der Waals surface area contributed by atoms with Crippen molar-refractivity contribution < 1.29 is 18.3 Å². The minimum absolute atomic E-state index is 0.173. The van der Waals surface area contributed by atoms with E-state index in [2.05, 4.69) is 0 Å². The van der Waals surface area contributed by atoms with Crippen LogP contribution in [0.4, 0.5) is 0 Å². The zero-order valence-electron chi connectivity index (χ0n) is 11.8. The van der Waals surface area contributed by atoms with Crippen LogP contribution in [0.15, 0.2) is 24.3 Å². The summed E-state index contributed by atoms with van der Waals surface area (Å²) in [4.78, 5) is 0. The van der Waals surface area contributed by atoms with Crippen molar-refractivity contribution in [1.82, 2.24) is 0 Å². The van der Waals surface area contributed by atoms with E-state index < -0.39 is 21.2 Å². The fourth-order valence-electron chi connectivity index (χ4n) is 2.60. The normalized spacial score (nSPS) is 23.2. The van der Waals surface area contributed by atoms with Crippen LogP contribution in [0.3, 0.4) is 0 Å². The predicted octanol–water partition coefficient (Wildman–Crippen LogP) is 2.48. The van der Waals surface area contributed by atoms with Gasteiger partial charge < -0.3 is 9.84 Å². The van der Waals surface area contributed by atoms with Gasteiger partial charge in [0.25, 0.3) is 0 Å². The number of aliphatic hydroxyl groups is 1. The molecule has 1 aromatic rings. The van der Waals surface area contributed by atoms with Crippen molar-refractivity contribution >= 4 is 9.84 Å². The molecule has 2 unspecified atom stereocenters. The van der Waals surface area contributed by atoms with E-state index >= 15 is 0 Å². The number of sulfone groups is 1. The first-order chi connectivity index (χ1) is 9.56. The lowest BCUT2D eigenvalue weighted by Gasteiger charge is -2.27. The van der Waals surface area contributed by atoms with Gasteiger partial charge in [0, 0.05) is 5.56 Å². The molecular formula is C15H22O4S. The molecule has 112 valence electrons. The van der Waals surface area contributed by atoms with Crippen molar-refractivity contribution in [2.75, 3.05) is 12.4 Å². The van der Waals surface area contributed by atoms with Crippen molar-refractivity contribution in [3.8, 4) is 5.75 Å². The monoisotopic (exact) mass is 298 g/mol. The minimum Gasteiger partial charge on any atom is -0.493 e. The van der Waals surface area contributed by atoms with E-state index in [1.54, 1.807) is 18.2 Å². The molecule has 0 amide bonds. The minimum atomic E-state index is -3.21. The van der Waals surface area contributed by atoms with Gasteiger partial charge in [0.15, 0.2) is 9.84 Å². The molecule has 1 aliphatic rings. The average molecular weight is 298 g/mol. The molecule has 5 heteroatoms. The van der Waals surface area contributed by atoms with E-state index in [1.165, 1.54) is 0 Å². The van der Waals surface area contributed by atoms with E-state index in [1.807, 2.05) is 13.0 Å². The van der Waals surface area contributed by atoms with E-state index in [9.17, 15) is 13.5 Å². The lowest BCUT2D eigenvalue weighted by atomic mass is 10.0. The first-order valence-corrected chi connectivity index (χ1v) is 8.89. The molecule has 1 fully saturated rings. The van der Waals surface area contributed by atoms with Crippen LogP contribution in [0.25, 0.3) is 0 Å². The van der Waals surface area contributed by atoms with Crippen LogP contribution in [-0.2, 0) is 9.84 Å². The van der Waals surface area contributed by atoms with Crippen molar-refractivity contribution in [3.63, 3.8) is 0 Å². The van der Waals surface area contributed by atoms with E-state index in [-0.39, 0.29) is 5.75 Å². The quantitative estimate of drug-likeness (QED) is 0.907. The van der Waals surface area contributed by atoms with Gasteiger partial charge in [-0.05, 0) is 25.3 Å². The molecule has 4 nitrogen and oxygen atoms in total. The van der Waals surface area contributed by atoms with Gasteiger partial charge in [-0.3, -0.25) is 0 Å². The third kappa shape index (κ3) is 3.33. The lowest BCUT2D eigenvalue weighted by molar-refractivity contribution is 0.158. The Kier molecular flexibility index (Phi) is 5.05. The Morgan fingerprint density at radius 1 is 1.35 bits per heavy atom. The third-order valence-electron chi connectivity index (χ3n) is 3.68. The zero-order valence-corrected chi connectivity index (χ0v) is 12.6. The summed E-state index contributed by atoms with van der Waals surface area (Å²) in [6.45, 7) is 2.56. The average Bonchev–Trinajstić information content (AvgIpc) is 2.44. The van der Waals surface area contributed by atoms with Crippen molar-refractivity contribution in [2.24, 2.45) is 0 Å². The Balaban J connectivity index is 2.26. The fraction of sp³-hybridized carbons (Fsp3) is 0.600. The first-order valence-electron chi connectivity index (χ1n) is 7.17. The van der Waals surface area contributed by atoms with Gasteiger partial charge >= 0.3 is 0 Å². The van der Waals surface area contributed by atoms with E-state index in [0.29, 0.717) is 30.8 Å². The highest BCUT2D eigenvalue weighted by molar-refractivity contribution is 7.92. The SMILES string of the molecule is CCCOc1ccccc1C(O)C1CCCCS1(=O)=O. The largest absolute Gasteiger partial charge is 0.493 e. The van der Waals surface area contributed by atoms with E-state index in [0.717, 1.165) is 12.8 Å². The molecule has 0 aromatic heterocycles. The summed E-state index contributed by atoms with van der Waals surface area (Å²) >= 11 is 0. The van der Waals surface area contributed by atoms with Gasteiger partial charge in [-0.2, -0.15) is 0 Å². The number of aliphatic hydroxyl groups excluding tert-OH is 1. The second kappa shape index (κ2) is 6.59. The van der Waals surface area contributed by atoms with Gasteiger partial charge in [0.2, 0.25) is 0 Å². The highest BCUT2D eigenvalue weighted by Gasteiger charge is 2.36. The Bertz CT molecular complexity index is 539. The maximum absolute atomic E-state index is 12.1. The molecule has 1 N–H and O–H groups in total. The topological polar surface area (TPSA) is 63.6 Å². The highest BCUT2D eigenvalue weighted by Crippen LogP contribution is 2.34. The Labute approximate surface area is 120 Å². The Morgan fingerprint density at radius 2 is 2.10 bits per heavy atom. The van der Waals surface area contributed by atoms with Crippen LogP contribution in [0.2, 0.25) is 0 Å². The van der Waals surface area contributed by atoms with Gasteiger partial charge in [-0.15, -0.1) is 0 Å². The van der Waals surface area contributed by atoms with Gasteiger partial charge in [-0.1, -0.05) is 31.5 Å². The maximum Gasteiger partial charge on any atom is 0.156 e. The van der Waals surface area contributed by atoms with Gasteiger partial charge in [0.1, 0.15) is 5.75 Å². The summed E-state index contributed by atoms with van der Waals surface area (Å²) in [5.74, 6) is 0.759. The number of rotatable bonds is 5. The first kappa shape index (κ1) is 15.3. The summed E-state index contributed by atoms with van der Waals surface area (Å²) in [5.41, 5.74) is 0.580. The number of ether oxygens (including phenoxy) is 1. The molecule has 1 heterocycles. The lowest BCUT2D eigenvalue weighted by Crippen LogP contribution is -2.34. The van der Waals surface area contributed by atoms with Crippen molar-refractivity contribution in [3.05, 3.63) is 29.8 Å². The van der Waals surface area contributed by atoms with Crippen molar-refractivity contribution in [1.29, 1.82) is 0 Å². The molecule has 0 saturated carbocycles. The van der Waals surface area contributed by atoms with Gasteiger partial charge in [-0.25, -0.2) is 8.42 Å². The second-order valence-electron chi connectivity index (χ2n) is 5.23. The number of benzene rings is 1. The molecule has 20 heavy (non-hydrogen) atoms. The maximum atomic E-state index is 12.1. The molecule has 2 rings (SSSR count). The third-order valence-corrected chi connectivity index (χ3v) is 5.95. The number of hydrogen-bond donors (Lipinski definition) is 1. The fourth-order valence-corrected chi connectivity index (χ4v) is 4.58. The Hall–Kier alpha value is -1.07. The van der Waals surface area contributed by atoms with Crippen LogP contribution in [0.5, 0.6) is 5.75 Å². The van der Waals surface area contributed by atoms with Crippen LogP contribution < -0.4 is 4.74 Å². The molecule has 0 radical (unpaired) electrons. The smallest absolute Gasteiger partial charge is 0.156 e. The Morgan fingerprint density at radius 3 is 2.80 bits per heavy atom. The molecular weight excluding hydrogens is 276 g/mol. The predicted molar refractivity (Wildman–Crippen MR) is 78.6 cm³/mol. The van der Waals surface area contributed by atoms with Crippen LogP contribution >= 0.6 is 0 Å².